The predicted octanol–water partition coefficient (Wildman–Crippen LogP) is 3.18. The van der Waals surface area contributed by atoms with Gasteiger partial charge < -0.3 is 19.9 Å². The zero-order valence-corrected chi connectivity index (χ0v) is 13.0. The lowest BCUT2D eigenvalue weighted by molar-refractivity contribution is 0.343. The molecule has 0 amide bonds. The molecule has 0 radical (unpaired) electrons. The van der Waals surface area contributed by atoms with Gasteiger partial charge in [-0.15, -0.1) is 12.4 Å². The molecule has 1 unspecified atom stereocenters. The lowest BCUT2D eigenvalue weighted by Crippen LogP contribution is -2.19. The maximum Gasteiger partial charge on any atom is 0.164 e. The van der Waals surface area contributed by atoms with E-state index < -0.39 is 0 Å². The predicted molar refractivity (Wildman–Crippen MR) is 79.7 cm³/mol. The fraction of sp³-hybridized carbons (Fsp3) is 0.571. The topological polar surface area (TPSA) is 53.7 Å². The summed E-state index contributed by atoms with van der Waals surface area (Å²) in [6.07, 6.45) is 1.01. The molecule has 1 aromatic carbocycles. The van der Waals surface area contributed by atoms with Gasteiger partial charge in [0.05, 0.1) is 21.3 Å². The largest absolute Gasteiger partial charge is 0.496 e. The van der Waals surface area contributed by atoms with Crippen molar-refractivity contribution < 1.29 is 14.2 Å². The Labute approximate surface area is 121 Å². The number of nitrogens with two attached hydrogens (primary N) is 1. The molecule has 0 fully saturated rings. The molecule has 0 spiro atoms. The van der Waals surface area contributed by atoms with E-state index in [0.717, 1.165) is 17.7 Å². The number of hydrogen-bond donors (Lipinski definition) is 1. The second-order valence-electron chi connectivity index (χ2n) is 4.36. The Morgan fingerprint density at radius 2 is 1.47 bits per heavy atom. The number of methoxy groups -OCH3 is 3. The van der Waals surface area contributed by atoms with Crippen LogP contribution in [0.15, 0.2) is 12.1 Å². The van der Waals surface area contributed by atoms with Gasteiger partial charge in [-0.1, -0.05) is 20.3 Å². The van der Waals surface area contributed by atoms with E-state index in [1.807, 2.05) is 12.1 Å². The smallest absolute Gasteiger partial charge is 0.164 e. The summed E-state index contributed by atoms with van der Waals surface area (Å²) >= 11 is 0. The van der Waals surface area contributed by atoms with Crippen molar-refractivity contribution in [3.05, 3.63) is 17.7 Å². The zero-order valence-electron chi connectivity index (χ0n) is 12.2. The second-order valence-corrected chi connectivity index (χ2v) is 4.36. The van der Waals surface area contributed by atoms with Gasteiger partial charge in [-0.25, -0.2) is 0 Å². The van der Waals surface area contributed by atoms with Crippen molar-refractivity contribution in [3.8, 4) is 17.2 Å². The molecule has 0 aliphatic carbocycles. The van der Waals surface area contributed by atoms with E-state index in [1.54, 1.807) is 21.3 Å². The van der Waals surface area contributed by atoms with Gasteiger partial charge >= 0.3 is 0 Å². The van der Waals surface area contributed by atoms with Crippen molar-refractivity contribution in [3.63, 3.8) is 0 Å². The molecule has 0 aliphatic rings. The van der Waals surface area contributed by atoms with Crippen LogP contribution in [0.25, 0.3) is 0 Å². The van der Waals surface area contributed by atoms with Crippen molar-refractivity contribution >= 4 is 12.4 Å². The number of hydrogen-bond acceptors (Lipinski definition) is 4. The van der Waals surface area contributed by atoms with E-state index in [9.17, 15) is 0 Å². The summed E-state index contributed by atoms with van der Waals surface area (Å²) in [7, 11) is 4.85. The fourth-order valence-corrected chi connectivity index (χ4v) is 1.87. The molecule has 2 atom stereocenters. The Balaban J connectivity index is 0.00000324. The Kier molecular flexibility index (Phi) is 7.64. The highest BCUT2D eigenvalue weighted by molar-refractivity contribution is 5.85. The Morgan fingerprint density at radius 3 is 1.89 bits per heavy atom. The molecule has 19 heavy (non-hydrogen) atoms. The molecule has 1 aromatic rings. The Morgan fingerprint density at radius 1 is 1.00 bits per heavy atom. The first-order chi connectivity index (χ1) is 8.58. The van der Waals surface area contributed by atoms with Crippen molar-refractivity contribution in [1.82, 2.24) is 0 Å². The van der Waals surface area contributed by atoms with Crippen LogP contribution in [0, 0.1) is 5.92 Å². The highest BCUT2D eigenvalue weighted by Gasteiger charge is 2.20. The number of benzene rings is 1. The van der Waals surface area contributed by atoms with Gasteiger partial charge in [0, 0.05) is 17.7 Å². The molecule has 0 saturated heterocycles. The lowest BCUT2D eigenvalue weighted by Gasteiger charge is -2.22. The van der Waals surface area contributed by atoms with E-state index in [-0.39, 0.29) is 18.4 Å². The highest BCUT2D eigenvalue weighted by atomic mass is 35.5. The molecular formula is C14H24ClNO3. The first-order valence-corrected chi connectivity index (χ1v) is 6.14. The molecule has 4 nitrogen and oxygen atoms in total. The van der Waals surface area contributed by atoms with Gasteiger partial charge in [0.15, 0.2) is 11.5 Å². The molecule has 0 heterocycles. The summed E-state index contributed by atoms with van der Waals surface area (Å²) < 4.78 is 15.9. The standard InChI is InChI=1S/C14H23NO3.ClH/c1-6-9(2)14(15)10-7-12(17-4)13(18-5)8-11(10)16-3;/h7-9,14H,6,15H2,1-5H3;1H/t9?,14-;/m1./s1. The summed E-state index contributed by atoms with van der Waals surface area (Å²) in [4.78, 5) is 0. The average Bonchev–Trinajstić information content (AvgIpc) is 2.43. The molecule has 5 heteroatoms. The van der Waals surface area contributed by atoms with Crippen LogP contribution in [0.2, 0.25) is 0 Å². The lowest BCUT2D eigenvalue weighted by atomic mass is 9.92. The van der Waals surface area contributed by atoms with Gasteiger partial charge in [-0.3, -0.25) is 0 Å². The Hall–Kier alpha value is -1.13. The quantitative estimate of drug-likeness (QED) is 0.874. The molecule has 0 aromatic heterocycles. The van der Waals surface area contributed by atoms with Gasteiger partial charge in [-0.05, 0) is 12.0 Å². The average molecular weight is 290 g/mol. The van der Waals surface area contributed by atoms with E-state index in [1.165, 1.54) is 0 Å². The van der Waals surface area contributed by atoms with E-state index in [0.29, 0.717) is 17.4 Å². The van der Waals surface area contributed by atoms with Gasteiger partial charge in [0.1, 0.15) is 5.75 Å². The van der Waals surface area contributed by atoms with Gasteiger partial charge in [0.2, 0.25) is 0 Å². The molecule has 110 valence electrons. The van der Waals surface area contributed by atoms with Crippen LogP contribution in [0.5, 0.6) is 17.2 Å². The van der Waals surface area contributed by atoms with Crippen molar-refractivity contribution in [1.29, 1.82) is 0 Å². The third kappa shape index (κ3) is 3.91. The highest BCUT2D eigenvalue weighted by Crippen LogP contribution is 2.38. The van der Waals surface area contributed by atoms with Crippen LogP contribution >= 0.6 is 12.4 Å². The van der Waals surface area contributed by atoms with Crippen molar-refractivity contribution in [2.24, 2.45) is 11.7 Å². The number of ether oxygens (including phenoxy) is 3. The van der Waals surface area contributed by atoms with Crippen LogP contribution in [0.1, 0.15) is 31.9 Å². The third-order valence-electron chi connectivity index (χ3n) is 3.35. The summed E-state index contributed by atoms with van der Waals surface area (Å²) in [6.45, 7) is 4.25. The maximum atomic E-state index is 6.26. The third-order valence-corrected chi connectivity index (χ3v) is 3.35. The van der Waals surface area contributed by atoms with E-state index in [2.05, 4.69) is 13.8 Å². The van der Waals surface area contributed by atoms with Crippen LogP contribution < -0.4 is 19.9 Å². The monoisotopic (exact) mass is 289 g/mol. The van der Waals surface area contributed by atoms with Gasteiger partial charge in [0.25, 0.3) is 0 Å². The molecule has 0 aliphatic heterocycles. The van der Waals surface area contributed by atoms with Gasteiger partial charge in [-0.2, -0.15) is 0 Å². The minimum absolute atomic E-state index is 0. The molecule has 1 rings (SSSR count). The first kappa shape index (κ1) is 17.9. The summed E-state index contributed by atoms with van der Waals surface area (Å²) in [5.74, 6) is 2.43. The number of halogens is 1. The van der Waals surface area contributed by atoms with Crippen LogP contribution in [0.3, 0.4) is 0 Å². The van der Waals surface area contributed by atoms with Crippen LogP contribution in [-0.2, 0) is 0 Å². The fourth-order valence-electron chi connectivity index (χ4n) is 1.87. The summed E-state index contributed by atoms with van der Waals surface area (Å²) in [6, 6.07) is 3.63. The van der Waals surface area contributed by atoms with Crippen LogP contribution in [0.4, 0.5) is 0 Å². The van der Waals surface area contributed by atoms with Crippen molar-refractivity contribution in [2.75, 3.05) is 21.3 Å². The van der Waals surface area contributed by atoms with Crippen LogP contribution in [-0.4, -0.2) is 21.3 Å². The summed E-state index contributed by atoms with van der Waals surface area (Å²) in [5.41, 5.74) is 7.21. The maximum absolute atomic E-state index is 6.26. The normalized spacial score (nSPS) is 13.2. The van der Waals surface area contributed by atoms with Crippen molar-refractivity contribution in [2.45, 2.75) is 26.3 Å². The van der Waals surface area contributed by atoms with E-state index >= 15 is 0 Å². The molecular weight excluding hydrogens is 266 g/mol. The summed E-state index contributed by atoms with van der Waals surface area (Å²) in [5, 5.41) is 0. The SMILES string of the molecule is CCC(C)[C@@H](N)c1cc(OC)c(OC)cc1OC.Cl. The molecule has 0 saturated carbocycles. The minimum atomic E-state index is -0.0789. The van der Waals surface area contributed by atoms with E-state index in [4.69, 9.17) is 19.9 Å². The zero-order chi connectivity index (χ0) is 13.7. The molecule has 0 bridgehead atoms. The minimum Gasteiger partial charge on any atom is -0.496 e. The first-order valence-electron chi connectivity index (χ1n) is 6.14. The second kappa shape index (κ2) is 8.12. The molecule has 2 N–H and O–H groups in total. The number of rotatable bonds is 6. The Bertz CT molecular complexity index is 399.